The van der Waals surface area contributed by atoms with Gasteiger partial charge in [0.05, 0.1) is 18.8 Å². The van der Waals surface area contributed by atoms with Crippen molar-refractivity contribution in [3.05, 3.63) is 29.8 Å². The van der Waals surface area contributed by atoms with E-state index in [9.17, 15) is 45.6 Å². The summed E-state index contributed by atoms with van der Waals surface area (Å²) in [6, 6.07) is 5.01. The maximum absolute atomic E-state index is 12.3. The highest BCUT2D eigenvalue weighted by Crippen LogP contribution is 2.36. The van der Waals surface area contributed by atoms with Gasteiger partial charge in [-0.05, 0) is 24.3 Å². The van der Waals surface area contributed by atoms with Gasteiger partial charge in [-0.25, -0.2) is 4.79 Å². The van der Waals surface area contributed by atoms with E-state index >= 15 is 0 Å². The summed E-state index contributed by atoms with van der Waals surface area (Å²) in [5.74, 6) is -3.36. The van der Waals surface area contributed by atoms with Crippen molar-refractivity contribution in [3.63, 3.8) is 0 Å². The van der Waals surface area contributed by atoms with Gasteiger partial charge < -0.3 is 59.8 Å². The smallest absolute Gasteiger partial charge is 0.338 e. The summed E-state index contributed by atoms with van der Waals surface area (Å²) in [6.45, 7) is -2.35. The number of phenolic OH excluding ortho intramolecular Hbond substituents is 1. The summed E-state index contributed by atoms with van der Waals surface area (Å²) < 4.78 is 21.3. The first-order valence-corrected chi connectivity index (χ1v) is 9.73. The number of benzene rings is 1. The molecule has 2 aliphatic heterocycles. The first-order valence-electron chi connectivity index (χ1n) is 9.73. The Hall–Kier alpha value is -1.91. The maximum atomic E-state index is 12.3. The molecule has 0 radical (unpaired) electrons. The van der Waals surface area contributed by atoms with Crippen molar-refractivity contribution >= 4 is 5.97 Å². The summed E-state index contributed by atoms with van der Waals surface area (Å²) in [7, 11) is 0. The van der Waals surface area contributed by atoms with Gasteiger partial charge in [-0.15, -0.1) is 0 Å². The topological polar surface area (TPSA) is 216 Å². The molecule has 2 heterocycles. The fourth-order valence-corrected chi connectivity index (χ4v) is 3.46. The van der Waals surface area contributed by atoms with Crippen LogP contribution in [-0.2, 0) is 18.9 Å². The number of esters is 1. The summed E-state index contributed by atoms with van der Waals surface area (Å²) in [4.78, 5) is 12.3. The lowest BCUT2D eigenvalue weighted by molar-refractivity contribution is -0.383. The van der Waals surface area contributed by atoms with Crippen molar-refractivity contribution < 1.29 is 64.6 Å². The van der Waals surface area contributed by atoms with Gasteiger partial charge >= 0.3 is 5.97 Å². The molecule has 0 aliphatic carbocycles. The average Bonchev–Trinajstić information content (AvgIpc) is 3.03. The van der Waals surface area contributed by atoms with Crippen LogP contribution in [0, 0.1) is 0 Å². The molecule has 0 unspecified atom stereocenters. The number of hydrogen-bond donors (Lipinski definition) is 8. The van der Waals surface area contributed by atoms with E-state index in [1.807, 2.05) is 0 Å². The third-order valence-electron chi connectivity index (χ3n) is 5.36. The second kappa shape index (κ2) is 9.93. The largest absolute Gasteiger partial charge is 0.508 e. The van der Waals surface area contributed by atoms with Crippen molar-refractivity contribution in [1.29, 1.82) is 0 Å². The van der Waals surface area contributed by atoms with Crippen LogP contribution in [0.1, 0.15) is 10.4 Å². The summed E-state index contributed by atoms with van der Waals surface area (Å²) >= 11 is 0. The van der Waals surface area contributed by atoms with Gasteiger partial charge in [-0.3, -0.25) is 0 Å². The van der Waals surface area contributed by atoms with Gasteiger partial charge in [0.25, 0.3) is 0 Å². The minimum absolute atomic E-state index is 0.0255. The van der Waals surface area contributed by atoms with Gasteiger partial charge in [0.15, 0.2) is 6.29 Å². The number of phenols is 1. The Morgan fingerprint density at radius 3 is 2.09 bits per heavy atom. The Labute approximate surface area is 181 Å². The lowest BCUT2D eigenvalue weighted by Crippen LogP contribution is -2.62. The van der Waals surface area contributed by atoms with Crippen LogP contribution in [0.3, 0.4) is 0 Å². The minimum Gasteiger partial charge on any atom is -0.508 e. The lowest BCUT2D eigenvalue weighted by atomic mass is 9.99. The number of aromatic hydroxyl groups is 1. The third kappa shape index (κ3) is 4.72. The van der Waals surface area contributed by atoms with Gasteiger partial charge in [0, 0.05) is 0 Å². The molecule has 13 nitrogen and oxygen atoms in total. The highest BCUT2D eigenvalue weighted by molar-refractivity contribution is 5.89. The van der Waals surface area contributed by atoms with Crippen LogP contribution in [0.5, 0.6) is 5.75 Å². The third-order valence-corrected chi connectivity index (χ3v) is 5.36. The Morgan fingerprint density at radius 2 is 1.53 bits per heavy atom. The van der Waals surface area contributed by atoms with Crippen molar-refractivity contribution in [2.45, 2.75) is 54.8 Å². The molecule has 13 heteroatoms. The number of aliphatic hydroxyl groups excluding tert-OH is 7. The second-order valence-corrected chi connectivity index (χ2v) is 7.52. The van der Waals surface area contributed by atoms with Gasteiger partial charge in [0.1, 0.15) is 55.1 Å². The monoisotopic (exact) mass is 462 g/mol. The average molecular weight is 462 g/mol. The zero-order valence-electron chi connectivity index (χ0n) is 16.7. The molecule has 3 rings (SSSR count). The summed E-state index contributed by atoms with van der Waals surface area (Å²) in [6.07, 6.45) is -13.4. The van der Waals surface area contributed by atoms with E-state index in [1.165, 1.54) is 24.3 Å². The van der Waals surface area contributed by atoms with E-state index in [2.05, 4.69) is 0 Å². The molecular formula is C19H26O13. The van der Waals surface area contributed by atoms with Crippen LogP contribution in [0.15, 0.2) is 24.3 Å². The van der Waals surface area contributed by atoms with Crippen LogP contribution in [0.2, 0.25) is 0 Å². The number of aliphatic hydroxyl groups is 7. The quantitative estimate of drug-likeness (QED) is 0.183. The fraction of sp³-hybridized carbons (Fsp3) is 0.632. The molecule has 0 saturated carbocycles. The van der Waals surface area contributed by atoms with E-state index < -0.39 is 80.6 Å². The molecule has 8 N–H and O–H groups in total. The molecule has 0 spiro atoms. The van der Waals surface area contributed by atoms with E-state index in [-0.39, 0.29) is 11.3 Å². The van der Waals surface area contributed by atoms with Crippen LogP contribution in [0.4, 0.5) is 0 Å². The van der Waals surface area contributed by atoms with Crippen LogP contribution in [0.25, 0.3) is 0 Å². The predicted molar refractivity (Wildman–Crippen MR) is 99.9 cm³/mol. The zero-order valence-corrected chi connectivity index (χ0v) is 16.7. The second-order valence-electron chi connectivity index (χ2n) is 7.52. The standard InChI is InChI=1S/C19H26O13/c20-5-10-12(23)14(25)15(26)18(30-10)32-19(16(27)13(24)11(6-21)31-19)7-29-17(28)8-1-3-9(22)4-2-8/h1-4,10-16,18,20-27H,5-7H2/t10-,11-,12-,13-,14+,15-,16+,18-,19+/m1/s1. The Balaban J connectivity index is 1.82. The number of carbonyl (C=O) groups is 1. The first-order chi connectivity index (χ1) is 15.1. The van der Waals surface area contributed by atoms with Gasteiger partial charge in [0.2, 0.25) is 5.79 Å². The number of rotatable bonds is 7. The Kier molecular flexibility index (Phi) is 7.67. The normalized spacial score (nSPS) is 39.7. The molecule has 1 aromatic carbocycles. The van der Waals surface area contributed by atoms with E-state index in [4.69, 9.17) is 18.9 Å². The van der Waals surface area contributed by atoms with E-state index in [1.54, 1.807) is 0 Å². The summed E-state index contributed by atoms with van der Waals surface area (Å²) in [5, 5.41) is 78.9. The fourth-order valence-electron chi connectivity index (χ4n) is 3.46. The molecule has 1 aromatic rings. The highest BCUT2D eigenvalue weighted by atomic mass is 16.8. The molecule has 0 aromatic heterocycles. The van der Waals surface area contributed by atoms with Crippen molar-refractivity contribution in [3.8, 4) is 5.75 Å². The molecular weight excluding hydrogens is 436 g/mol. The van der Waals surface area contributed by atoms with Crippen molar-refractivity contribution in [1.82, 2.24) is 0 Å². The van der Waals surface area contributed by atoms with E-state index in [0.29, 0.717) is 0 Å². The molecule has 0 amide bonds. The molecule has 2 aliphatic rings. The van der Waals surface area contributed by atoms with Crippen LogP contribution < -0.4 is 0 Å². The minimum atomic E-state index is -2.35. The van der Waals surface area contributed by atoms with Crippen molar-refractivity contribution in [2.24, 2.45) is 0 Å². The predicted octanol–water partition coefficient (Wildman–Crippen LogP) is -3.83. The molecule has 32 heavy (non-hydrogen) atoms. The maximum Gasteiger partial charge on any atom is 0.338 e. The summed E-state index contributed by atoms with van der Waals surface area (Å²) in [5.41, 5.74) is 0.0255. The lowest BCUT2D eigenvalue weighted by Gasteiger charge is -2.43. The Morgan fingerprint density at radius 1 is 0.906 bits per heavy atom. The zero-order chi connectivity index (χ0) is 23.6. The highest BCUT2D eigenvalue weighted by Gasteiger charge is 2.59. The molecule has 2 saturated heterocycles. The van der Waals surface area contributed by atoms with E-state index in [0.717, 1.165) is 0 Å². The number of ether oxygens (including phenoxy) is 4. The molecule has 180 valence electrons. The first kappa shape index (κ1) is 24.7. The van der Waals surface area contributed by atoms with Crippen LogP contribution in [-0.4, -0.2) is 121 Å². The number of carbonyl (C=O) groups excluding carboxylic acids is 1. The molecule has 2 fully saturated rings. The van der Waals surface area contributed by atoms with Crippen molar-refractivity contribution in [2.75, 3.05) is 19.8 Å². The Bertz CT molecular complexity index is 771. The molecule has 0 bridgehead atoms. The van der Waals surface area contributed by atoms with Gasteiger partial charge in [-0.2, -0.15) is 0 Å². The van der Waals surface area contributed by atoms with Crippen LogP contribution >= 0.6 is 0 Å². The number of hydrogen-bond acceptors (Lipinski definition) is 13. The molecule has 9 atom stereocenters. The SMILES string of the molecule is O=C(OC[C@@]1(O[C@H]2O[C@H](CO)[C@@H](O)[C@H](O)[C@H]2O)O[C@H](CO)[C@@H](O)[C@@H]1O)c1ccc(O)cc1. The van der Waals surface area contributed by atoms with Gasteiger partial charge in [-0.1, -0.05) is 0 Å².